The number of halogens is 1. The van der Waals surface area contributed by atoms with Crippen LogP contribution in [0.1, 0.15) is 52.3 Å². The molecule has 1 saturated heterocycles. The summed E-state index contributed by atoms with van der Waals surface area (Å²) < 4.78 is 20.8. The highest BCUT2D eigenvalue weighted by Crippen LogP contribution is 2.24. The number of nitrogens with zero attached hydrogens (tertiary/aromatic N) is 3. The largest absolute Gasteiger partial charge is 0.478 e. The van der Waals surface area contributed by atoms with E-state index >= 15 is 0 Å². The summed E-state index contributed by atoms with van der Waals surface area (Å²) in [6.45, 7) is 8.80. The Bertz CT molecular complexity index is 927. The Kier molecular flexibility index (Phi) is 6.05. The molecule has 29 heavy (non-hydrogen) atoms. The molecular weight excluding hydrogens is 373 g/mol. The molecule has 7 heteroatoms. The van der Waals surface area contributed by atoms with Crippen molar-refractivity contribution in [2.75, 3.05) is 13.1 Å². The lowest BCUT2D eigenvalue weighted by molar-refractivity contribution is -0.139. The van der Waals surface area contributed by atoms with Crippen molar-refractivity contribution in [2.24, 2.45) is 0 Å². The van der Waals surface area contributed by atoms with E-state index in [2.05, 4.69) is 25.9 Å². The molecule has 2 aromatic rings. The number of likely N-dealkylation sites (tertiary alicyclic amines) is 1. The van der Waals surface area contributed by atoms with E-state index in [1.54, 1.807) is 40.8 Å². The number of para-hydroxylation sites is 1. The van der Waals surface area contributed by atoms with Crippen LogP contribution in [0, 0.1) is 5.82 Å². The normalized spacial score (nSPS) is 16.5. The van der Waals surface area contributed by atoms with Crippen LogP contribution in [0.2, 0.25) is 0 Å². The molecule has 3 rings (SSSR count). The maximum Gasteiger partial charge on any atom is 0.267 e. The Labute approximate surface area is 170 Å². The molecule has 2 heterocycles. The number of hydrogen-bond donors (Lipinski definition) is 0. The summed E-state index contributed by atoms with van der Waals surface area (Å²) in [5.41, 5.74) is 0.590. The van der Waals surface area contributed by atoms with Gasteiger partial charge in [-0.3, -0.25) is 9.59 Å². The third-order valence-corrected chi connectivity index (χ3v) is 5.20. The van der Waals surface area contributed by atoms with Crippen LogP contribution >= 0.6 is 0 Å². The summed E-state index contributed by atoms with van der Waals surface area (Å²) in [6.07, 6.45) is 0.491. The molecule has 0 N–H and O–H groups in total. The summed E-state index contributed by atoms with van der Waals surface area (Å²) in [6, 6.07) is 9.34. The minimum Gasteiger partial charge on any atom is -0.478 e. The van der Waals surface area contributed by atoms with E-state index in [0.717, 1.165) is 5.69 Å². The summed E-state index contributed by atoms with van der Waals surface area (Å²) in [4.78, 5) is 26.7. The standard InChI is InChI=1S/C22H28FN3O3/c1-15(29-18-8-6-5-7-17(18)23)21(28)25-13-11-16(12-14-25)26-20(27)10-9-19(24-26)22(2,3)4/h5-10,15-16H,11-14H2,1-4H3. The minimum atomic E-state index is -0.784. The molecule has 0 aliphatic carbocycles. The number of carbonyl (C=O) groups is 1. The van der Waals surface area contributed by atoms with Gasteiger partial charge in [-0.25, -0.2) is 9.07 Å². The first-order valence-electron chi connectivity index (χ1n) is 9.97. The molecule has 1 aliphatic rings. The highest BCUT2D eigenvalue weighted by Gasteiger charge is 2.29. The number of benzene rings is 1. The van der Waals surface area contributed by atoms with E-state index in [0.29, 0.717) is 25.9 Å². The predicted octanol–water partition coefficient (Wildman–Crippen LogP) is 3.31. The first kappa shape index (κ1) is 21.0. The van der Waals surface area contributed by atoms with Crippen molar-refractivity contribution in [3.05, 3.63) is 58.3 Å². The van der Waals surface area contributed by atoms with Gasteiger partial charge in [0.2, 0.25) is 0 Å². The van der Waals surface area contributed by atoms with Gasteiger partial charge in [-0.2, -0.15) is 5.10 Å². The molecule has 0 bridgehead atoms. The van der Waals surface area contributed by atoms with Gasteiger partial charge in [-0.05, 0) is 38.0 Å². The average molecular weight is 401 g/mol. The fourth-order valence-electron chi connectivity index (χ4n) is 3.46. The van der Waals surface area contributed by atoms with Crippen LogP contribution in [0.4, 0.5) is 4.39 Å². The Balaban J connectivity index is 1.64. The van der Waals surface area contributed by atoms with Crippen molar-refractivity contribution in [2.45, 2.75) is 58.1 Å². The number of aromatic nitrogens is 2. The van der Waals surface area contributed by atoms with E-state index in [1.165, 1.54) is 12.1 Å². The Hall–Kier alpha value is -2.70. The predicted molar refractivity (Wildman–Crippen MR) is 109 cm³/mol. The highest BCUT2D eigenvalue weighted by atomic mass is 19.1. The zero-order valence-electron chi connectivity index (χ0n) is 17.4. The number of hydrogen-bond acceptors (Lipinski definition) is 4. The number of ether oxygens (including phenoxy) is 1. The van der Waals surface area contributed by atoms with Crippen molar-refractivity contribution in [1.82, 2.24) is 14.7 Å². The second-order valence-electron chi connectivity index (χ2n) is 8.50. The second kappa shape index (κ2) is 8.35. The molecule has 1 fully saturated rings. The van der Waals surface area contributed by atoms with Crippen LogP contribution in [-0.2, 0) is 10.2 Å². The van der Waals surface area contributed by atoms with Gasteiger partial charge >= 0.3 is 0 Å². The monoisotopic (exact) mass is 401 g/mol. The molecule has 156 valence electrons. The van der Waals surface area contributed by atoms with Gasteiger partial charge in [0.1, 0.15) is 0 Å². The molecule has 6 nitrogen and oxygen atoms in total. The highest BCUT2D eigenvalue weighted by molar-refractivity contribution is 5.81. The molecule has 1 unspecified atom stereocenters. The third-order valence-electron chi connectivity index (χ3n) is 5.20. The lowest BCUT2D eigenvalue weighted by atomic mass is 9.92. The number of rotatable bonds is 4. The lowest BCUT2D eigenvalue weighted by Crippen LogP contribution is -2.46. The van der Waals surface area contributed by atoms with Gasteiger partial charge in [0, 0.05) is 24.6 Å². The maximum absolute atomic E-state index is 13.8. The number of carbonyl (C=O) groups excluding carboxylic acids is 1. The fraction of sp³-hybridized carbons (Fsp3) is 0.500. The topological polar surface area (TPSA) is 64.4 Å². The van der Waals surface area contributed by atoms with Gasteiger partial charge in [0.05, 0.1) is 11.7 Å². The van der Waals surface area contributed by atoms with Gasteiger partial charge in [-0.15, -0.1) is 0 Å². The van der Waals surface area contributed by atoms with Gasteiger partial charge in [0.25, 0.3) is 11.5 Å². The molecule has 0 radical (unpaired) electrons. The van der Waals surface area contributed by atoms with Gasteiger partial charge < -0.3 is 9.64 Å². The Morgan fingerprint density at radius 2 is 1.83 bits per heavy atom. The van der Waals surface area contributed by atoms with Crippen molar-refractivity contribution in [3.8, 4) is 5.75 Å². The van der Waals surface area contributed by atoms with Crippen LogP contribution in [-0.4, -0.2) is 39.8 Å². The van der Waals surface area contributed by atoms with Crippen molar-refractivity contribution in [3.63, 3.8) is 0 Å². The van der Waals surface area contributed by atoms with Crippen LogP contribution in [0.3, 0.4) is 0 Å². The van der Waals surface area contributed by atoms with E-state index < -0.39 is 11.9 Å². The second-order valence-corrected chi connectivity index (χ2v) is 8.50. The van der Waals surface area contributed by atoms with Crippen LogP contribution in [0.25, 0.3) is 0 Å². The van der Waals surface area contributed by atoms with Crippen LogP contribution < -0.4 is 10.3 Å². The minimum absolute atomic E-state index is 0.0448. The summed E-state index contributed by atoms with van der Waals surface area (Å²) >= 11 is 0. The first-order chi connectivity index (χ1) is 13.7. The maximum atomic E-state index is 13.8. The van der Waals surface area contributed by atoms with E-state index in [1.807, 2.05) is 0 Å². The molecule has 1 atom stereocenters. The molecule has 1 aliphatic heterocycles. The van der Waals surface area contributed by atoms with Crippen molar-refractivity contribution >= 4 is 5.91 Å². The van der Waals surface area contributed by atoms with Crippen LogP contribution in [0.15, 0.2) is 41.2 Å². The molecule has 1 amide bonds. The Morgan fingerprint density at radius 1 is 1.17 bits per heavy atom. The molecule has 0 spiro atoms. The third kappa shape index (κ3) is 4.83. The van der Waals surface area contributed by atoms with Crippen molar-refractivity contribution in [1.29, 1.82) is 0 Å². The van der Waals surface area contributed by atoms with E-state index in [9.17, 15) is 14.0 Å². The number of piperidine rings is 1. The summed E-state index contributed by atoms with van der Waals surface area (Å²) in [7, 11) is 0. The molecule has 1 aromatic heterocycles. The van der Waals surface area contributed by atoms with Crippen LogP contribution in [0.5, 0.6) is 5.75 Å². The number of amides is 1. The van der Waals surface area contributed by atoms with Gasteiger partial charge in [-0.1, -0.05) is 32.9 Å². The first-order valence-corrected chi connectivity index (χ1v) is 9.97. The molecule has 0 saturated carbocycles. The Morgan fingerprint density at radius 3 is 2.45 bits per heavy atom. The molecular formula is C22H28FN3O3. The SMILES string of the molecule is CC(Oc1ccccc1F)C(=O)N1CCC(n2nc(C(C)(C)C)ccc2=O)CC1. The van der Waals surface area contributed by atoms with Crippen molar-refractivity contribution < 1.29 is 13.9 Å². The smallest absolute Gasteiger partial charge is 0.267 e. The average Bonchev–Trinajstić information content (AvgIpc) is 2.69. The molecule has 1 aromatic carbocycles. The van der Waals surface area contributed by atoms with E-state index in [4.69, 9.17) is 4.74 Å². The quantitative estimate of drug-likeness (QED) is 0.789. The summed E-state index contributed by atoms with van der Waals surface area (Å²) in [5, 5.41) is 4.57. The summed E-state index contributed by atoms with van der Waals surface area (Å²) in [5.74, 6) is -0.608. The van der Waals surface area contributed by atoms with E-state index in [-0.39, 0.29) is 28.7 Å². The fourth-order valence-corrected chi connectivity index (χ4v) is 3.46. The zero-order chi connectivity index (χ0) is 21.2. The zero-order valence-corrected chi connectivity index (χ0v) is 17.4. The van der Waals surface area contributed by atoms with Gasteiger partial charge in [0.15, 0.2) is 17.7 Å². The lowest BCUT2D eigenvalue weighted by Gasteiger charge is -2.34.